The molecule has 0 aliphatic heterocycles. The van der Waals surface area contributed by atoms with Gasteiger partial charge >= 0.3 is 0 Å². The lowest BCUT2D eigenvalue weighted by Gasteiger charge is -2.11. The van der Waals surface area contributed by atoms with E-state index in [1.165, 1.54) is 0 Å². The summed E-state index contributed by atoms with van der Waals surface area (Å²) in [6.45, 7) is 3.65. The first-order valence-electron chi connectivity index (χ1n) is 5.27. The van der Waals surface area contributed by atoms with Gasteiger partial charge in [-0.15, -0.1) is 0 Å². The molecule has 2 rings (SSSR count). The van der Waals surface area contributed by atoms with Crippen LogP contribution in [-0.4, -0.2) is 16.5 Å². The quantitative estimate of drug-likeness (QED) is 0.798. The van der Waals surface area contributed by atoms with Crippen molar-refractivity contribution >= 4 is 5.65 Å². The Morgan fingerprint density at radius 2 is 2.19 bits per heavy atom. The minimum absolute atomic E-state index is 0.357. The Morgan fingerprint density at radius 1 is 1.44 bits per heavy atom. The summed E-state index contributed by atoms with van der Waals surface area (Å²) in [4.78, 5) is 4.15. The van der Waals surface area contributed by atoms with Crippen molar-refractivity contribution in [2.75, 3.05) is 7.11 Å². The lowest BCUT2D eigenvalue weighted by atomic mass is 10.0. The number of ether oxygens (including phenoxy) is 1. The molecule has 16 heavy (non-hydrogen) atoms. The van der Waals surface area contributed by atoms with Gasteiger partial charge in [0.05, 0.1) is 12.8 Å². The highest BCUT2D eigenvalue weighted by Gasteiger charge is 2.11. The number of fused-ring (bicyclic) bond motifs is 1. The van der Waals surface area contributed by atoms with Gasteiger partial charge in [0.2, 0.25) is 0 Å². The molecule has 86 valence electrons. The molecule has 0 fully saturated rings. The summed E-state index contributed by atoms with van der Waals surface area (Å²) in [5.41, 5.74) is 2.26. The van der Waals surface area contributed by atoms with Gasteiger partial charge in [0, 0.05) is 24.0 Å². The van der Waals surface area contributed by atoms with Crippen LogP contribution in [0.2, 0.25) is 0 Å². The first kappa shape index (κ1) is 10.9. The van der Waals surface area contributed by atoms with Crippen LogP contribution in [0.5, 0.6) is 5.75 Å². The standard InChI is InChI=1S/C12H15FN2O/c1-8(2)10-7-15-6-9(5-13)14-12(15)4-11(10)16-3/h4,6-8H,5H2,1-3H3. The number of nitrogens with zero attached hydrogens (tertiary/aromatic N) is 2. The van der Waals surface area contributed by atoms with Crippen LogP contribution in [-0.2, 0) is 6.67 Å². The molecule has 0 N–H and O–H groups in total. The summed E-state index contributed by atoms with van der Waals surface area (Å²) >= 11 is 0. The normalized spacial score (nSPS) is 11.3. The van der Waals surface area contributed by atoms with Crippen molar-refractivity contribution in [3.63, 3.8) is 0 Å². The number of aromatic nitrogens is 2. The van der Waals surface area contributed by atoms with Crippen LogP contribution in [0.25, 0.3) is 5.65 Å². The van der Waals surface area contributed by atoms with Crippen molar-refractivity contribution in [3.05, 3.63) is 29.7 Å². The molecule has 0 spiro atoms. The molecule has 3 nitrogen and oxygen atoms in total. The van der Waals surface area contributed by atoms with Gasteiger partial charge < -0.3 is 9.14 Å². The Balaban J connectivity index is 2.63. The molecule has 0 bridgehead atoms. The number of methoxy groups -OCH3 is 1. The lowest BCUT2D eigenvalue weighted by molar-refractivity contribution is 0.407. The summed E-state index contributed by atoms with van der Waals surface area (Å²) in [6, 6.07) is 1.84. The van der Waals surface area contributed by atoms with E-state index in [1.54, 1.807) is 13.3 Å². The zero-order valence-corrected chi connectivity index (χ0v) is 9.70. The van der Waals surface area contributed by atoms with E-state index in [9.17, 15) is 4.39 Å². The number of alkyl halides is 1. The molecule has 0 aliphatic rings. The molecular formula is C12H15FN2O. The van der Waals surface area contributed by atoms with Crippen molar-refractivity contribution in [3.8, 4) is 5.75 Å². The molecule has 4 heteroatoms. The predicted octanol–water partition coefficient (Wildman–Crippen LogP) is 2.94. The van der Waals surface area contributed by atoms with Crippen LogP contribution in [0.3, 0.4) is 0 Å². The second-order valence-corrected chi connectivity index (χ2v) is 4.08. The van der Waals surface area contributed by atoms with E-state index in [4.69, 9.17) is 4.74 Å². The smallest absolute Gasteiger partial charge is 0.140 e. The first-order chi connectivity index (χ1) is 7.65. The largest absolute Gasteiger partial charge is 0.496 e. The molecule has 0 amide bonds. The average Bonchev–Trinajstić information content (AvgIpc) is 2.68. The van der Waals surface area contributed by atoms with Gasteiger partial charge in [0.1, 0.15) is 18.1 Å². The highest BCUT2D eigenvalue weighted by molar-refractivity contribution is 5.50. The molecule has 0 saturated carbocycles. The maximum Gasteiger partial charge on any atom is 0.140 e. The predicted molar refractivity (Wildman–Crippen MR) is 60.6 cm³/mol. The summed E-state index contributed by atoms with van der Waals surface area (Å²) in [7, 11) is 1.64. The number of rotatable bonds is 3. The van der Waals surface area contributed by atoms with E-state index in [1.807, 2.05) is 16.7 Å². The molecule has 0 saturated heterocycles. The monoisotopic (exact) mass is 222 g/mol. The van der Waals surface area contributed by atoms with Crippen LogP contribution < -0.4 is 4.74 Å². The number of pyridine rings is 1. The first-order valence-corrected chi connectivity index (χ1v) is 5.27. The van der Waals surface area contributed by atoms with Crippen molar-refractivity contribution < 1.29 is 9.13 Å². The van der Waals surface area contributed by atoms with E-state index < -0.39 is 6.67 Å². The molecule has 2 heterocycles. The zero-order valence-electron chi connectivity index (χ0n) is 9.70. The van der Waals surface area contributed by atoms with E-state index in [0.717, 1.165) is 11.3 Å². The van der Waals surface area contributed by atoms with Crippen molar-refractivity contribution in [2.45, 2.75) is 26.4 Å². The van der Waals surface area contributed by atoms with Gasteiger partial charge in [0.15, 0.2) is 0 Å². The van der Waals surface area contributed by atoms with Gasteiger partial charge in [0.25, 0.3) is 0 Å². The highest BCUT2D eigenvalue weighted by atomic mass is 19.1. The Bertz CT molecular complexity index is 505. The SMILES string of the molecule is COc1cc2nc(CF)cn2cc1C(C)C. The highest BCUT2D eigenvalue weighted by Crippen LogP contribution is 2.27. The van der Waals surface area contributed by atoms with Gasteiger partial charge in [-0.1, -0.05) is 13.8 Å². The average molecular weight is 222 g/mol. The minimum atomic E-state index is -0.541. The zero-order chi connectivity index (χ0) is 11.7. The topological polar surface area (TPSA) is 26.5 Å². The van der Waals surface area contributed by atoms with Crippen LogP contribution in [0.4, 0.5) is 4.39 Å². The molecule has 0 aliphatic carbocycles. The van der Waals surface area contributed by atoms with E-state index in [2.05, 4.69) is 18.8 Å². The second-order valence-electron chi connectivity index (χ2n) is 4.08. The third-order valence-corrected chi connectivity index (χ3v) is 2.61. The molecule has 2 aromatic rings. The summed E-state index contributed by atoms with van der Waals surface area (Å²) < 4.78 is 19.6. The minimum Gasteiger partial charge on any atom is -0.496 e. The third kappa shape index (κ3) is 1.75. The van der Waals surface area contributed by atoms with Crippen molar-refractivity contribution in [1.82, 2.24) is 9.38 Å². The van der Waals surface area contributed by atoms with Crippen molar-refractivity contribution in [1.29, 1.82) is 0 Å². The second kappa shape index (κ2) is 4.12. The molecule has 2 aromatic heterocycles. The Morgan fingerprint density at radius 3 is 2.75 bits per heavy atom. The van der Waals surface area contributed by atoms with Crippen LogP contribution >= 0.6 is 0 Å². The fraction of sp³-hybridized carbons (Fsp3) is 0.417. The van der Waals surface area contributed by atoms with Gasteiger partial charge in [-0.25, -0.2) is 9.37 Å². The van der Waals surface area contributed by atoms with Gasteiger partial charge in [-0.05, 0) is 5.92 Å². The van der Waals surface area contributed by atoms with E-state index in [0.29, 0.717) is 17.3 Å². The Labute approximate surface area is 93.9 Å². The van der Waals surface area contributed by atoms with Crippen LogP contribution in [0.15, 0.2) is 18.5 Å². The summed E-state index contributed by atoms with van der Waals surface area (Å²) in [6.07, 6.45) is 3.66. The van der Waals surface area contributed by atoms with E-state index >= 15 is 0 Å². The third-order valence-electron chi connectivity index (χ3n) is 2.61. The van der Waals surface area contributed by atoms with E-state index in [-0.39, 0.29) is 0 Å². The van der Waals surface area contributed by atoms with Gasteiger partial charge in [-0.3, -0.25) is 0 Å². The molecule has 0 aromatic carbocycles. The molecule has 0 radical (unpaired) electrons. The molecular weight excluding hydrogens is 207 g/mol. The maximum atomic E-state index is 12.5. The Kier molecular flexibility index (Phi) is 2.81. The molecule has 0 unspecified atom stereocenters. The number of halogens is 1. The Hall–Kier alpha value is -1.58. The van der Waals surface area contributed by atoms with Crippen LogP contribution in [0.1, 0.15) is 31.0 Å². The fourth-order valence-electron chi connectivity index (χ4n) is 1.76. The fourth-order valence-corrected chi connectivity index (χ4v) is 1.76. The molecule has 0 atom stereocenters. The lowest BCUT2D eigenvalue weighted by Crippen LogP contribution is -1.97. The maximum absolute atomic E-state index is 12.5. The van der Waals surface area contributed by atoms with Crippen LogP contribution in [0, 0.1) is 0 Å². The van der Waals surface area contributed by atoms with Gasteiger partial charge in [-0.2, -0.15) is 0 Å². The number of hydrogen-bond acceptors (Lipinski definition) is 2. The number of hydrogen-bond donors (Lipinski definition) is 0. The van der Waals surface area contributed by atoms with Crippen molar-refractivity contribution in [2.24, 2.45) is 0 Å². The summed E-state index contributed by atoms with van der Waals surface area (Å²) in [5, 5.41) is 0. The summed E-state index contributed by atoms with van der Waals surface area (Å²) in [5.74, 6) is 1.16. The number of imidazole rings is 1.